The molecule has 0 fully saturated rings. The first-order chi connectivity index (χ1) is 7.09. The molecular weight excluding hydrogens is 218 g/mol. The van der Waals surface area contributed by atoms with Crippen LogP contribution < -0.4 is 11.1 Å². The lowest BCUT2D eigenvalue weighted by atomic mass is 10.4. The molecule has 1 unspecified atom stereocenters. The molecule has 1 amide bonds. The van der Waals surface area contributed by atoms with E-state index in [2.05, 4.69) is 20.5 Å². The fraction of sp³-hybridized carbons (Fsp3) is 0.571. The highest BCUT2D eigenvalue weighted by atomic mass is 32.2. The van der Waals surface area contributed by atoms with E-state index in [9.17, 15) is 9.00 Å². The van der Waals surface area contributed by atoms with Crippen LogP contribution in [0, 0.1) is 0 Å². The van der Waals surface area contributed by atoms with Gasteiger partial charge in [-0.05, 0) is 6.42 Å². The van der Waals surface area contributed by atoms with Crippen LogP contribution in [0.1, 0.15) is 17.0 Å². The van der Waals surface area contributed by atoms with Crippen LogP contribution in [0.15, 0.2) is 0 Å². The fourth-order valence-electron chi connectivity index (χ4n) is 0.937. The number of amides is 1. The van der Waals surface area contributed by atoms with Crippen molar-refractivity contribution in [2.45, 2.75) is 6.42 Å². The lowest BCUT2D eigenvalue weighted by molar-refractivity contribution is 0.0944. The van der Waals surface area contributed by atoms with E-state index in [0.29, 0.717) is 18.7 Å². The molecule has 15 heavy (non-hydrogen) atoms. The number of rotatable bonds is 5. The van der Waals surface area contributed by atoms with Crippen molar-refractivity contribution in [1.29, 1.82) is 0 Å². The van der Waals surface area contributed by atoms with Crippen molar-refractivity contribution in [3.8, 4) is 0 Å². The van der Waals surface area contributed by atoms with Gasteiger partial charge in [-0.15, -0.1) is 5.10 Å². The highest BCUT2D eigenvalue weighted by molar-refractivity contribution is 7.84. The molecule has 1 rings (SSSR count). The molecule has 1 atom stereocenters. The average Bonchev–Trinajstić information content (AvgIpc) is 2.59. The number of hydrogen-bond acceptors (Lipinski definition) is 5. The van der Waals surface area contributed by atoms with Gasteiger partial charge < -0.3 is 11.1 Å². The third-order valence-electron chi connectivity index (χ3n) is 1.61. The average molecular weight is 231 g/mol. The summed E-state index contributed by atoms with van der Waals surface area (Å²) in [6, 6.07) is 0. The number of nitrogen functional groups attached to an aromatic ring is 1. The van der Waals surface area contributed by atoms with E-state index in [4.69, 9.17) is 5.73 Å². The number of carbonyl (C=O) groups excluding carboxylic acids is 1. The number of anilines is 1. The minimum atomic E-state index is -0.828. The monoisotopic (exact) mass is 231 g/mol. The summed E-state index contributed by atoms with van der Waals surface area (Å²) in [6.07, 6.45) is 2.29. The van der Waals surface area contributed by atoms with Crippen molar-refractivity contribution >= 4 is 22.7 Å². The standard InChI is InChI=1S/C7H13N5O2S/c1-15(14)4-2-3-9-6(13)5-10-7(8)12-11-5/h2-4H2,1H3,(H,9,13)(H3,8,10,11,12). The van der Waals surface area contributed by atoms with Crippen molar-refractivity contribution in [1.82, 2.24) is 20.5 Å². The lowest BCUT2D eigenvalue weighted by Gasteiger charge is -2.00. The summed E-state index contributed by atoms with van der Waals surface area (Å²) in [4.78, 5) is 15.0. The van der Waals surface area contributed by atoms with Gasteiger partial charge in [0.05, 0.1) is 0 Å². The van der Waals surface area contributed by atoms with Crippen LogP contribution >= 0.6 is 0 Å². The Balaban J connectivity index is 2.28. The van der Waals surface area contributed by atoms with Gasteiger partial charge in [0.2, 0.25) is 11.8 Å². The Bertz CT molecular complexity index is 364. The Morgan fingerprint density at radius 3 is 2.93 bits per heavy atom. The molecule has 1 aromatic rings. The fourth-order valence-corrected chi connectivity index (χ4v) is 1.49. The topological polar surface area (TPSA) is 114 Å². The molecule has 1 aromatic heterocycles. The molecule has 0 radical (unpaired) electrons. The highest BCUT2D eigenvalue weighted by Crippen LogP contribution is 1.92. The Labute approximate surface area is 89.3 Å². The normalized spacial score (nSPS) is 12.3. The van der Waals surface area contributed by atoms with Crippen LogP contribution in [-0.2, 0) is 10.8 Å². The van der Waals surface area contributed by atoms with Gasteiger partial charge in [-0.3, -0.25) is 14.1 Å². The van der Waals surface area contributed by atoms with Crippen LogP contribution in [-0.4, -0.2) is 43.9 Å². The Hall–Kier alpha value is -1.44. The lowest BCUT2D eigenvalue weighted by Crippen LogP contribution is -2.26. The van der Waals surface area contributed by atoms with Gasteiger partial charge in [0, 0.05) is 29.4 Å². The second-order valence-corrected chi connectivity index (χ2v) is 4.48. The largest absolute Gasteiger partial charge is 0.366 e. The predicted octanol–water partition coefficient (Wildman–Crippen LogP) is -1.11. The molecule has 8 heteroatoms. The van der Waals surface area contributed by atoms with Gasteiger partial charge in [-0.1, -0.05) is 0 Å². The van der Waals surface area contributed by atoms with Crippen LogP contribution in [0.2, 0.25) is 0 Å². The molecule has 4 N–H and O–H groups in total. The maximum Gasteiger partial charge on any atom is 0.288 e. The maximum absolute atomic E-state index is 11.3. The van der Waals surface area contributed by atoms with Crippen LogP contribution in [0.4, 0.5) is 5.95 Å². The minimum absolute atomic E-state index is 0.0369. The number of aromatic nitrogens is 3. The van der Waals surface area contributed by atoms with Gasteiger partial charge in [0.1, 0.15) is 0 Å². The first kappa shape index (κ1) is 11.6. The molecule has 0 bridgehead atoms. The second-order valence-electron chi connectivity index (χ2n) is 2.93. The number of hydrogen-bond donors (Lipinski definition) is 3. The zero-order valence-electron chi connectivity index (χ0n) is 8.32. The molecule has 0 aliphatic heterocycles. The van der Waals surface area contributed by atoms with Crippen molar-refractivity contribution in [2.75, 3.05) is 24.3 Å². The van der Waals surface area contributed by atoms with E-state index in [1.807, 2.05) is 0 Å². The van der Waals surface area contributed by atoms with Crippen molar-refractivity contribution in [2.24, 2.45) is 0 Å². The third-order valence-corrected chi connectivity index (χ3v) is 2.48. The second kappa shape index (κ2) is 5.44. The zero-order chi connectivity index (χ0) is 11.3. The molecule has 0 spiro atoms. The predicted molar refractivity (Wildman–Crippen MR) is 56.7 cm³/mol. The summed E-state index contributed by atoms with van der Waals surface area (Å²) in [5, 5.41) is 8.53. The molecule has 0 aliphatic rings. The molecule has 0 saturated carbocycles. The van der Waals surface area contributed by atoms with E-state index < -0.39 is 10.8 Å². The van der Waals surface area contributed by atoms with Crippen LogP contribution in [0.3, 0.4) is 0 Å². The number of H-pyrrole nitrogens is 1. The number of aromatic amines is 1. The molecule has 7 nitrogen and oxygen atoms in total. The number of nitrogens with one attached hydrogen (secondary N) is 2. The number of carbonyl (C=O) groups is 1. The summed E-state index contributed by atoms with van der Waals surface area (Å²) >= 11 is 0. The first-order valence-corrected chi connectivity index (χ1v) is 6.08. The Kier molecular flexibility index (Phi) is 4.22. The maximum atomic E-state index is 11.3. The van der Waals surface area contributed by atoms with Crippen molar-refractivity contribution in [3.05, 3.63) is 5.82 Å². The zero-order valence-corrected chi connectivity index (χ0v) is 9.13. The van der Waals surface area contributed by atoms with Crippen LogP contribution in [0.25, 0.3) is 0 Å². The Morgan fingerprint density at radius 2 is 2.40 bits per heavy atom. The van der Waals surface area contributed by atoms with E-state index in [1.165, 1.54) is 0 Å². The smallest absolute Gasteiger partial charge is 0.288 e. The SMILES string of the molecule is CS(=O)CCCNC(=O)c1nc(N)n[nH]1. The quantitative estimate of drug-likeness (QED) is 0.556. The van der Waals surface area contributed by atoms with E-state index in [0.717, 1.165) is 0 Å². The summed E-state index contributed by atoms with van der Waals surface area (Å²) in [6.45, 7) is 0.457. The van der Waals surface area contributed by atoms with Gasteiger partial charge in [-0.25, -0.2) is 0 Å². The van der Waals surface area contributed by atoms with E-state index in [-0.39, 0.29) is 17.7 Å². The Morgan fingerprint density at radius 1 is 1.67 bits per heavy atom. The molecule has 0 saturated heterocycles. The summed E-state index contributed by atoms with van der Waals surface area (Å²) in [7, 11) is -0.828. The van der Waals surface area contributed by atoms with Crippen LogP contribution in [0.5, 0.6) is 0 Å². The first-order valence-electron chi connectivity index (χ1n) is 4.35. The summed E-state index contributed by atoms with van der Waals surface area (Å²) in [5.74, 6) is 0.333. The molecule has 0 aliphatic carbocycles. The van der Waals surface area contributed by atoms with Gasteiger partial charge in [0.25, 0.3) is 5.91 Å². The third kappa shape index (κ3) is 4.07. The number of nitrogens with zero attached hydrogens (tertiary/aromatic N) is 2. The van der Waals surface area contributed by atoms with E-state index in [1.54, 1.807) is 6.26 Å². The van der Waals surface area contributed by atoms with Gasteiger partial charge >= 0.3 is 0 Å². The van der Waals surface area contributed by atoms with Gasteiger partial charge in [-0.2, -0.15) is 4.98 Å². The van der Waals surface area contributed by atoms with Crippen molar-refractivity contribution in [3.63, 3.8) is 0 Å². The molecule has 0 aromatic carbocycles. The van der Waals surface area contributed by atoms with Gasteiger partial charge in [0.15, 0.2) is 0 Å². The molecular formula is C7H13N5O2S. The molecule has 1 heterocycles. The highest BCUT2D eigenvalue weighted by Gasteiger charge is 2.09. The summed E-state index contributed by atoms with van der Waals surface area (Å²) < 4.78 is 10.7. The molecule has 84 valence electrons. The van der Waals surface area contributed by atoms with E-state index >= 15 is 0 Å². The summed E-state index contributed by atoms with van der Waals surface area (Å²) in [5.41, 5.74) is 5.24. The number of nitrogens with two attached hydrogens (primary N) is 1. The van der Waals surface area contributed by atoms with Crippen molar-refractivity contribution < 1.29 is 9.00 Å². The minimum Gasteiger partial charge on any atom is -0.366 e.